The molecule has 1 aromatic carbocycles. The maximum Gasteiger partial charge on any atom is 0.179 e. The molecule has 1 aliphatic rings. The first-order valence-corrected chi connectivity index (χ1v) is 8.71. The molecule has 4 heteroatoms. The lowest BCUT2D eigenvalue weighted by Gasteiger charge is -2.26. The molecule has 24 heavy (non-hydrogen) atoms. The molecule has 0 unspecified atom stereocenters. The minimum absolute atomic E-state index is 0.104. The normalized spacial score (nSPS) is 22.0. The molecular weight excluding hydrogens is 300 g/mol. The summed E-state index contributed by atoms with van der Waals surface area (Å²) < 4.78 is 0. The molecule has 1 aliphatic heterocycles. The number of Topliss-reactive ketones (excluding diaryl/α,β-unsaturated/α-hetero) is 1. The average molecular weight is 326 g/mol. The van der Waals surface area contributed by atoms with Crippen molar-refractivity contribution in [3.8, 4) is 0 Å². The number of aromatic nitrogens is 1. The monoisotopic (exact) mass is 326 g/mol. The highest BCUT2D eigenvalue weighted by molar-refractivity contribution is 6.02. The lowest BCUT2D eigenvalue weighted by Crippen LogP contribution is -2.29. The van der Waals surface area contributed by atoms with E-state index in [1.165, 1.54) is 5.57 Å². The van der Waals surface area contributed by atoms with Gasteiger partial charge in [-0.1, -0.05) is 29.8 Å². The number of rotatable bonds is 2. The van der Waals surface area contributed by atoms with Crippen LogP contribution in [0.3, 0.4) is 0 Å². The van der Waals surface area contributed by atoms with Crippen LogP contribution in [-0.4, -0.2) is 47.5 Å². The number of fused-ring (bicyclic) bond motifs is 3. The first-order chi connectivity index (χ1) is 11.6. The fraction of sp³-hybridized carbons (Fsp3) is 0.450. The minimum atomic E-state index is 0.104. The molecule has 0 saturated carbocycles. The van der Waals surface area contributed by atoms with Gasteiger partial charge >= 0.3 is 0 Å². The van der Waals surface area contributed by atoms with Gasteiger partial charge in [0.05, 0.1) is 5.69 Å². The summed E-state index contributed by atoms with van der Waals surface area (Å²) in [4.78, 5) is 18.6. The second kappa shape index (κ2) is 7.32. The third kappa shape index (κ3) is 3.30. The first-order valence-electron chi connectivity index (χ1n) is 8.71. The number of aromatic amines is 1. The highest BCUT2D eigenvalue weighted by Gasteiger charge is 2.25. The van der Waals surface area contributed by atoms with Crippen molar-refractivity contribution in [2.24, 2.45) is 5.92 Å². The number of carbonyl (C=O) groups is 1. The molecule has 0 bridgehead atoms. The Morgan fingerprint density at radius 1 is 1.38 bits per heavy atom. The maximum atomic E-state index is 13.0. The van der Waals surface area contributed by atoms with Gasteiger partial charge in [0.25, 0.3) is 0 Å². The zero-order valence-electron chi connectivity index (χ0n) is 14.5. The van der Waals surface area contributed by atoms with Gasteiger partial charge in [-0.2, -0.15) is 0 Å². The summed E-state index contributed by atoms with van der Waals surface area (Å²) in [6.07, 6.45) is 4.06. The van der Waals surface area contributed by atoms with Crippen LogP contribution in [0.1, 0.15) is 35.8 Å². The lowest BCUT2D eigenvalue weighted by molar-refractivity contribution is 0.0953. The third-order valence-corrected chi connectivity index (χ3v) is 5.09. The summed E-state index contributed by atoms with van der Waals surface area (Å²) in [6, 6.07) is 8.14. The molecular formula is C20H26N2O2. The number of aliphatic hydroxyl groups is 1. The summed E-state index contributed by atoms with van der Waals surface area (Å²) in [5.41, 5.74) is 4.17. The number of H-pyrrole nitrogens is 1. The van der Waals surface area contributed by atoms with Crippen molar-refractivity contribution >= 4 is 16.7 Å². The van der Waals surface area contributed by atoms with Gasteiger partial charge in [-0.15, -0.1) is 0 Å². The van der Waals surface area contributed by atoms with Crippen LogP contribution in [-0.2, 0) is 6.42 Å². The minimum Gasteiger partial charge on any atom is -0.396 e. The highest BCUT2D eigenvalue weighted by atomic mass is 16.3. The summed E-state index contributed by atoms with van der Waals surface area (Å²) in [7, 11) is 2.12. The molecule has 0 saturated heterocycles. The first kappa shape index (κ1) is 16.9. The smallest absolute Gasteiger partial charge is 0.179 e. The molecule has 0 radical (unpaired) electrons. The van der Waals surface area contributed by atoms with E-state index in [4.69, 9.17) is 0 Å². The fourth-order valence-electron chi connectivity index (χ4n) is 3.75. The average Bonchev–Trinajstić information content (AvgIpc) is 2.96. The number of hydrogen-bond donors (Lipinski definition) is 2. The van der Waals surface area contributed by atoms with Crippen LogP contribution in [0.5, 0.6) is 0 Å². The Kier molecular flexibility index (Phi) is 5.17. The van der Waals surface area contributed by atoms with Crippen molar-refractivity contribution in [2.45, 2.75) is 26.2 Å². The quantitative estimate of drug-likeness (QED) is 0.834. The standard InChI is InChI=1S/C20H26N2O2/c1-3-14-13-22(2)10-8-17-16-6-4-5-7-18(16)21-20(17)19(24)12-15(14)9-11-23/h3-7,15,21,23H,8-13H2,1-2H3/t15-/m1/s1. The molecule has 3 rings (SSSR count). The number of nitrogens with one attached hydrogen (secondary N) is 1. The second-order valence-electron chi connectivity index (χ2n) is 6.71. The number of benzene rings is 1. The number of likely N-dealkylation sites (N-methyl/N-ethyl adjacent to an activating group) is 1. The van der Waals surface area contributed by atoms with Crippen LogP contribution in [0.15, 0.2) is 35.9 Å². The Bertz CT molecular complexity index is 760. The molecule has 128 valence electrons. The molecule has 1 aromatic heterocycles. The largest absolute Gasteiger partial charge is 0.396 e. The number of ketones is 1. The number of aliphatic hydroxyl groups excluding tert-OH is 1. The van der Waals surface area contributed by atoms with E-state index in [9.17, 15) is 9.90 Å². The van der Waals surface area contributed by atoms with Crippen molar-refractivity contribution in [3.63, 3.8) is 0 Å². The molecule has 0 amide bonds. The van der Waals surface area contributed by atoms with Crippen molar-refractivity contribution in [2.75, 3.05) is 26.7 Å². The molecule has 2 N–H and O–H groups in total. The summed E-state index contributed by atoms with van der Waals surface area (Å²) in [5.74, 6) is 0.260. The Balaban J connectivity index is 2.04. The van der Waals surface area contributed by atoms with Crippen molar-refractivity contribution in [3.05, 3.63) is 47.2 Å². The number of para-hydroxylation sites is 1. The van der Waals surface area contributed by atoms with Crippen LogP contribution in [0.25, 0.3) is 10.9 Å². The van der Waals surface area contributed by atoms with Crippen LogP contribution < -0.4 is 0 Å². The zero-order valence-corrected chi connectivity index (χ0v) is 14.5. The molecule has 0 spiro atoms. The van der Waals surface area contributed by atoms with E-state index < -0.39 is 0 Å². The van der Waals surface area contributed by atoms with E-state index >= 15 is 0 Å². The predicted octanol–water partition coefficient (Wildman–Crippen LogP) is 3.17. The van der Waals surface area contributed by atoms with Crippen molar-refractivity contribution in [1.29, 1.82) is 0 Å². The third-order valence-electron chi connectivity index (χ3n) is 5.09. The zero-order chi connectivity index (χ0) is 17.1. The molecule has 0 aliphatic carbocycles. The molecule has 4 nitrogen and oxygen atoms in total. The SMILES string of the molecule is CC=C1CN(C)CCc2c([nH]c3ccccc23)C(=O)C[C@H]1CCO. The van der Waals surface area contributed by atoms with Crippen LogP contribution >= 0.6 is 0 Å². The number of allylic oxidation sites excluding steroid dienone is 1. The van der Waals surface area contributed by atoms with Crippen LogP contribution in [0.2, 0.25) is 0 Å². The molecule has 2 aromatic rings. The van der Waals surface area contributed by atoms with E-state index in [1.54, 1.807) is 0 Å². The van der Waals surface area contributed by atoms with Crippen LogP contribution in [0, 0.1) is 5.92 Å². The van der Waals surface area contributed by atoms with Gasteiger partial charge in [-0.25, -0.2) is 0 Å². The van der Waals surface area contributed by atoms with Gasteiger partial charge in [-0.05, 0) is 44.4 Å². The number of carbonyl (C=O) groups excluding carboxylic acids is 1. The molecule has 2 heterocycles. The van der Waals surface area contributed by atoms with Gasteiger partial charge in [0.15, 0.2) is 5.78 Å². The Hall–Kier alpha value is -1.91. The number of hydrogen-bond acceptors (Lipinski definition) is 3. The fourth-order valence-corrected chi connectivity index (χ4v) is 3.75. The number of nitrogens with zero attached hydrogens (tertiary/aromatic N) is 1. The van der Waals surface area contributed by atoms with E-state index in [2.05, 4.69) is 29.1 Å². The van der Waals surface area contributed by atoms with Crippen LogP contribution in [0.4, 0.5) is 0 Å². The summed E-state index contributed by atoms with van der Waals surface area (Å²) >= 11 is 0. The van der Waals surface area contributed by atoms with Crippen molar-refractivity contribution in [1.82, 2.24) is 9.88 Å². The van der Waals surface area contributed by atoms with E-state index in [0.29, 0.717) is 12.8 Å². The topological polar surface area (TPSA) is 56.3 Å². The Morgan fingerprint density at radius 2 is 2.17 bits per heavy atom. The lowest BCUT2D eigenvalue weighted by atomic mass is 9.87. The molecule has 1 atom stereocenters. The van der Waals surface area contributed by atoms with Gasteiger partial charge in [0.2, 0.25) is 0 Å². The van der Waals surface area contributed by atoms with Crippen molar-refractivity contribution < 1.29 is 9.90 Å². The Morgan fingerprint density at radius 3 is 2.92 bits per heavy atom. The van der Waals surface area contributed by atoms with E-state index in [0.717, 1.165) is 41.7 Å². The van der Waals surface area contributed by atoms with Gasteiger partial charge in [-0.3, -0.25) is 4.79 Å². The summed E-state index contributed by atoms with van der Waals surface area (Å²) in [6.45, 7) is 3.90. The van der Waals surface area contributed by atoms with Gasteiger partial charge in [0.1, 0.15) is 0 Å². The van der Waals surface area contributed by atoms with E-state index in [1.807, 2.05) is 25.1 Å². The van der Waals surface area contributed by atoms with Gasteiger partial charge < -0.3 is 15.0 Å². The highest BCUT2D eigenvalue weighted by Crippen LogP contribution is 2.29. The Labute approximate surface area is 143 Å². The summed E-state index contributed by atoms with van der Waals surface area (Å²) in [5, 5.41) is 10.6. The molecule has 0 fully saturated rings. The van der Waals surface area contributed by atoms with E-state index in [-0.39, 0.29) is 18.3 Å². The maximum absolute atomic E-state index is 13.0. The predicted molar refractivity (Wildman–Crippen MR) is 97.4 cm³/mol. The second-order valence-corrected chi connectivity index (χ2v) is 6.71. The van der Waals surface area contributed by atoms with Gasteiger partial charge in [0, 0.05) is 37.0 Å².